The summed E-state index contributed by atoms with van der Waals surface area (Å²) in [5.74, 6) is -0.347. The molecule has 2 aromatic carbocycles. The number of amides is 1. The average Bonchev–Trinajstić information content (AvgIpc) is 2.68. The van der Waals surface area contributed by atoms with Gasteiger partial charge in [-0.2, -0.15) is 0 Å². The molecular formula is C20H24N2O5. The average molecular weight is 372 g/mol. The summed E-state index contributed by atoms with van der Waals surface area (Å²) in [5.41, 5.74) is 1.42. The molecule has 0 bridgehead atoms. The maximum absolute atomic E-state index is 12.4. The van der Waals surface area contributed by atoms with E-state index in [9.17, 15) is 9.59 Å². The van der Waals surface area contributed by atoms with Crippen molar-refractivity contribution < 1.29 is 24.2 Å². The molecule has 27 heavy (non-hydrogen) atoms. The van der Waals surface area contributed by atoms with Crippen molar-refractivity contribution in [2.45, 2.75) is 20.0 Å². The highest BCUT2D eigenvalue weighted by Gasteiger charge is 2.20. The van der Waals surface area contributed by atoms with Crippen LogP contribution in [0.4, 0.5) is 11.4 Å². The first-order valence-electron chi connectivity index (χ1n) is 8.73. The van der Waals surface area contributed by atoms with Crippen LogP contribution in [0.2, 0.25) is 0 Å². The molecular weight excluding hydrogens is 348 g/mol. The van der Waals surface area contributed by atoms with Crippen molar-refractivity contribution in [2.75, 3.05) is 30.4 Å². The Morgan fingerprint density at radius 3 is 2.48 bits per heavy atom. The fourth-order valence-electron chi connectivity index (χ4n) is 2.33. The highest BCUT2D eigenvalue weighted by Crippen LogP contribution is 2.18. The molecule has 0 aliphatic carbocycles. The van der Waals surface area contributed by atoms with Crippen molar-refractivity contribution in [3.8, 4) is 5.75 Å². The van der Waals surface area contributed by atoms with Gasteiger partial charge in [0.2, 0.25) is 0 Å². The summed E-state index contributed by atoms with van der Waals surface area (Å²) in [6.45, 7) is 4.20. The van der Waals surface area contributed by atoms with Crippen LogP contribution in [0, 0.1) is 0 Å². The van der Waals surface area contributed by atoms with Gasteiger partial charge < -0.3 is 25.2 Å². The van der Waals surface area contributed by atoms with Crippen LogP contribution >= 0.6 is 0 Å². The molecule has 0 spiro atoms. The highest BCUT2D eigenvalue weighted by molar-refractivity contribution is 5.99. The number of aliphatic hydroxyl groups is 1. The second-order valence-corrected chi connectivity index (χ2v) is 5.69. The highest BCUT2D eigenvalue weighted by atomic mass is 16.5. The number of rotatable bonds is 9. The van der Waals surface area contributed by atoms with Gasteiger partial charge in [0.1, 0.15) is 5.75 Å². The van der Waals surface area contributed by atoms with Crippen LogP contribution in [0.15, 0.2) is 48.5 Å². The lowest BCUT2D eigenvalue weighted by Crippen LogP contribution is -2.30. The Morgan fingerprint density at radius 1 is 1.11 bits per heavy atom. The third kappa shape index (κ3) is 6.00. The lowest BCUT2D eigenvalue weighted by molar-refractivity contribution is -0.123. The van der Waals surface area contributed by atoms with E-state index in [2.05, 4.69) is 10.6 Å². The summed E-state index contributed by atoms with van der Waals surface area (Å²) in [5, 5.41) is 14.6. The lowest BCUT2D eigenvalue weighted by atomic mass is 10.1. The maximum Gasteiger partial charge on any atom is 0.341 e. The number of carbonyl (C=O) groups excluding carboxylic acids is 2. The van der Waals surface area contributed by atoms with Gasteiger partial charge in [-0.1, -0.05) is 12.1 Å². The Bertz CT molecular complexity index is 761. The fraction of sp³-hybridized carbons (Fsp3) is 0.300. The van der Waals surface area contributed by atoms with Gasteiger partial charge in [0.05, 0.1) is 18.8 Å². The summed E-state index contributed by atoms with van der Waals surface area (Å²) < 4.78 is 10.6. The van der Waals surface area contributed by atoms with E-state index >= 15 is 0 Å². The molecule has 7 nitrogen and oxygen atoms in total. The van der Waals surface area contributed by atoms with Crippen molar-refractivity contribution in [1.29, 1.82) is 0 Å². The zero-order valence-corrected chi connectivity index (χ0v) is 15.4. The van der Waals surface area contributed by atoms with Crippen molar-refractivity contribution in [3.63, 3.8) is 0 Å². The van der Waals surface area contributed by atoms with E-state index in [4.69, 9.17) is 14.6 Å². The number of aliphatic hydroxyl groups excluding tert-OH is 1. The molecule has 0 saturated heterocycles. The minimum Gasteiger partial charge on any atom is -0.494 e. The maximum atomic E-state index is 12.4. The summed E-state index contributed by atoms with van der Waals surface area (Å²) in [6, 6.07) is 13.7. The molecule has 1 unspecified atom stereocenters. The van der Waals surface area contributed by atoms with Crippen LogP contribution in [-0.4, -0.2) is 42.8 Å². The minimum absolute atomic E-state index is 0.0652. The number of hydrogen-bond acceptors (Lipinski definition) is 6. The zero-order valence-electron chi connectivity index (χ0n) is 15.4. The predicted molar refractivity (Wildman–Crippen MR) is 103 cm³/mol. The molecule has 2 rings (SSSR count). The third-order valence-electron chi connectivity index (χ3n) is 3.66. The summed E-state index contributed by atoms with van der Waals surface area (Å²) in [7, 11) is 0. The number of benzene rings is 2. The number of anilines is 2. The fourth-order valence-corrected chi connectivity index (χ4v) is 2.33. The van der Waals surface area contributed by atoms with E-state index in [1.807, 2.05) is 6.92 Å². The van der Waals surface area contributed by atoms with Crippen LogP contribution in [-0.2, 0) is 9.53 Å². The molecule has 0 radical (unpaired) electrons. The topological polar surface area (TPSA) is 96.9 Å². The van der Waals surface area contributed by atoms with Gasteiger partial charge in [0.15, 0.2) is 6.10 Å². The van der Waals surface area contributed by atoms with E-state index in [-0.39, 0.29) is 6.61 Å². The van der Waals surface area contributed by atoms with Gasteiger partial charge in [0, 0.05) is 17.9 Å². The van der Waals surface area contributed by atoms with E-state index in [1.54, 1.807) is 48.5 Å². The van der Waals surface area contributed by atoms with Gasteiger partial charge in [-0.05, 0) is 50.2 Å². The first-order valence-corrected chi connectivity index (χ1v) is 8.73. The van der Waals surface area contributed by atoms with E-state index in [0.717, 1.165) is 0 Å². The van der Waals surface area contributed by atoms with E-state index in [0.29, 0.717) is 35.8 Å². The van der Waals surface area contributed by atoms with Crippen molar-refractivity contribution in [3.05, 3.63) is 54.1 Å². The summed E-state index contributed by atoms with van der Waals surface area (Å²) >= 11 is 0. The van der Waals surface area contributed by atoms with Crippen LogP contribution in [0.1, 0.15) is 24.2 Å². The molecule has 1 atom stereocenters. The number of hydrogen-bond donors (Lipinski definition) is 3. The van der Waals surface area contributed by atoms with Gasteiger partial charge in [-0.25, -0.2) is 4.79 Å². The molecule has 1 amide bonds. The second-order valence-electron chi connectivity index (χ2n) is 5.69. The molecule has 144 valence electrons. The molecule has 0 fully saturated rings. The van der Waals surface area contributed by atoms with Crippen LogP contribution in [0.3, 0.4) is 0 Å². The smallest absolute Gasteiger partial charge is 0.341 e. The molecule has 0 aliphatic rings. The third-order valence-corrected chi connectivity index (χ3v) is 3.66. The van der Waals surface area contributed by atoms with Gasteiger partial charge in [0.25, 0.3) is 5.91 Å². The number of nitrogens with one attached hydrogen (secondary N) is 2. The standard InChI is InChI=1S/C20H24N2O5/c1-3-26-16-10-8-15(9-11-16)22-19(24)14(2)27-20(25)17-6-4-5-7-18(17)21-12-13-23/h4-11,14,21,23H,3,12-13H2,1-2H3,(H,22,24). The molecule has 2 aromatic rings. The zero-order chi connectivity index (χ0) is 19.6. The van der Waals surface area contributed by atoms with Crippen molar-refractivity contribution in [1.82, 2.24) is 0 Å². The second kappa shape index (κ2) is 10.2. The van der Waals surface area contributed by atoms with Crippen LogP contribution < -0.4 is 15.4 Å². The van der Waals surface area contributed by atoms with Gasteiger partial charge >= 0.3 is 5.97 Å². The Hall–Kier alpha value is -3.06. The van der Waals surface area contributed by atoms with Crippen LogP contribution in [0.25, 0.3) is 0 Å². The largest absolute Gasteiger partial charge is 0.494 e. The van der Waals surface area contributed by atoms with E-state index < -0.39 is 18.0 Å². The monoisotopic (exact) mass is 372 g/mol. The van der Waals surface area contributed by atoms with Crippen molar-refractivity contribution in [2.24, 2.45) is 0 Å². The summed E-state index contributed by atoms with van der Waals surface area (Å²) in [4.78, 5) is 24.7. The van der Waals surface area contributed by atoms with Gasteiger partial charge in [-0.15, -0.1) is 0 Å². The van der Waals surface area contributed by atoms with Gasteiger partial charge in [-0.3, -0.25) is 4.79 Å². The minimum atomic E-state index is -0.977. The molecule has 3 N–H and O–H groups in total. The molecule has 0 aromatic heterocycles. The Labute approximate surface area is 158 Å². The number of esters is 1. The molecule has 0 aliphatic heterocycles. The number of para-hydroxylation sites is 1. The predicted octanol–water partition coefficient (Wildman–Crippen LogP) is 2.67. The first kappa shape index (κ1) is 20.3. The Morgan fingerprint density at radius 2 is 1.81 bits per heavy atom. The first-order chi connectivity index (χ1) is 13.0. The normalized spacial score (nSPS) is 11.4. The quantitative estimate of drug-likeness (QED) is 0.586. The Kier molecular flexibility index (Phi) is 7.63. The van der Waals surface area contributed by atoms with E-state index in [1.165, 1.54) is 6.92 Å². The van der Waals surface area contributed by atoms with Crippen molar-refractivity contribution >= 4 is 23.3 Å². The Balaban J connectivity index is 1.96. The lowest BCUT2D eigenvalue weighted by Gasteiger charge is -2.15. The summed E-state index contributed by atoms with van der Waals surface area (Å²) in [6.07, 6.45) is -0.977. The molecule has 7 heteroatoms. The number of ether oxygens (including phenoxy) is 2. The molecule has 0 saturated carbocycles. The molecule has 0 heterocycles. The van der Waals surface area contributed by atoms with Crippen LogP contribution in [0.5, 0.6) is 5.75 Å². The SMILES string of the molecule is CCOc1ccc(NC(=O)C(C)OC(=O)c2ccccc2NCCO)cc1. The number of carbonyl (C=O) groups is 2.